The number of rotatable bonds is 1. The molecule has 0 atom stereocenters. The van der Waals surface area contributed by atoms with Gasteiger partial charge >= 0.3 is 6.01 Å². The smallest absolute Gasteiger partial charge is 0.317 e. The molecular formula is C11H11N3O. The molecule has 0 N–H and O–H groups in total. The Hall–Kier alpha value is -1.84. The molecule has 0 bridgehead atoms. The van der Waals surface area contributed by atoms with E-state index in [0.717, 1.165) is 31.0 Å². The molecule has 15 heavy (non-hydrogen) atoms. The Bertz CT molecular complexity index is 464. The van der Waals surface area contributed by atoms with Gasteiger partial charge in [-0.1, -0.05) is 35.4 Å². The number of nitrogens with zero attached hydrogens (tertiary/aromatic N) is 3. The van der Waals surface area contributed by atoms with Crippen LogP contribution in [0.5, 0.6) is 6.01 Å². The third-order valence-corrected chi connectivity index (χ3v) is 2.51. The van der Waals surface area contributed by atoms with Crippen molar-refractivity contribution in [3.8, 4) is 17.4 Å². The van der Waals surface area contributed by atoms with Gasteiger partial charge in [-0.2, -0.15) is 0 Å². The maximum atomic E-state index is 5.41. The van der Waals surface area contributed by atoms with E-state index in [0.29, 0.717) is 6.01 Å². The average molecular weight is 201 g/mol. The Morgan fingerprint density at radius 3 is 2.87 bits per heavy atom. The zero-order chi connectivity index (χ0) is 10.1. The van der Waals surface area contributed by atoms with Crippen molar-refractivity contribution in [2.75, 3.05) is 6.61 Å². The molecule has 0 saturated carbocycles. The third kappa shape index (κ3) is 1.38. The van der Waals surface area contributed by atoms with Crippen molar-refractivity contribution >= 4 is 0 Å². The summed E-state index contributed by atoms with van der Waals surface area (Å²) in [5.41, 5.74) is 1.08. The van der Waals surface area contributed by atoms with Crippen LogP contribution in [-0.2, 0) is 6.54 Å². The summed E-state index contributed by atoms with van der Waals surface area (Å²) in [4.78, 5) is 0. The van der Waals surface area contributed by atoms with Crippen LogP contribution >= 0.6 is 0 Å². The lowest BCUT2D eigenvalue weighted by Crippen LogP contribution is -2.14. The molecule has 2 heterocycles. The first-order valence-electron chi connectivity index (χ1n) is 5.06. The van der Waals surface area contributed by atoms with Gasteiger partial charge in [0.2, 0.25) is 0 Å². The maximum Gasteiger partial charge on any atom is 0.317 e. The summed E-state index contributed by atoms with van der Waals surface area (Å²) in [7, 11) is 0. The van der Waals surface area contributed by atoms with Crippen molar-refractivity contribution in [1.29, 1.82) is 0 Å². The molecule has 1 aromatic heterocycles. The van der Waals surface area contributed by atoms with Gasteiger partial charge in [-0.05, 0) is 6.42 Å². The van der Waals surface area contributed by atoms with Crippen LogP contribution in [0, 0.1) is 0 Å². The van der Waals surface area contributed by atoms with E-state index in [1.165, 1.54) is 0 Å². The Kier molecular flexibility index (Phi) is 1.91. The molecule has 0 unspecified atom stereocenters. The van der Waals surface area contributed by atoms with E-state index in [2.05, 4.69) is 10.2 Å². The maximum absolute atomic E-state index is 5.41. The van der Waals surface area contributed by atoms with E-state index in [-0.39, 0.29) is 0 Å². The number of benzene rings is 1. The number of ether oxygens (including phenoxy) is 1. The van der Waals surface area contributed by atoms with E-state index < -0.39 is 0 Å². The van der Waals surface area contributed by atoms with Gasteiger partial charge in [-0.25, -0.2) is 0 Å². The number of aromatic nitrogens is 3. The fourth-order valence-electron chi connectivity index (χ4n) is 1.78. The predicted molar refractivity (Wildman–Crippen MR) is 55.6 cm³/mol. The highest BCUT2D eigenvalue weighted by Gasteiger charge is 2.17. The van der Waals surface area contributed by atoms with E-state index >= 15 is 0 Å². The molecule has 1 aliphatic rings. The lowest BCUT2D eigenvalue weighted by molar-refractivity contribution is 0.231. The minimum absolute atomic E-state index is 0.639. The van der Waals surface area contributed by atoms with Gasteiger partial charge in [-0.15, -0.1) is 5.10 Å². The standard InChI is InChI=1S/C11H11N3O/c1-2-5-9(6-3-1)10-12-13-11-14(10)7-4-8-15-11/h1-3,5-6H,4,7-8H2. The van der Waals surface area contributed by atoms with Crippen molar-refractivity contribution in [2.45, 2.75) is 13.0 Å². The van der Waals surface area contributed by atoms with Crippen molar-refractivity contribution in [3.63, 3.8) is 0 Å². The summed E-state index contributed by atoms with van der Waals surface area (Å²) >= 11 is 0. The van der Waals surface area contributed by atoms with Crippen molar-refractivity contribution in [1.82, 2.24) is 14.8 Å². The molecule has 76 valence electrons. The highest BCUT2D eigenvalue weighted by Crippen LogP contribution is 2.23. The molecule has 3 rings (SSSR count). The molecule has 1 aromatic carbocycles. The van der Waals surface area contributed by atoms with Crippen LogP contribution in [-0.4, -0.2) is 21.4 Å². The minimum Gasteiger partial charge on any atom is -0.463 e. The summed E-state index contributed by atoms with van der Waals surface area (Å²) in [6, 6.07) is 10.7. The first kappa shape index (κ1) is 8.47. The highest BCUT2D eigenvalue weighted by atomic mass is 16.5. The number of fused-ring (bicyclic) bond motifs is 1. The Morgan fingerprint density at radius 1 is 1.13 bits per heavy atom. The van der Waals surface area contributed by atoms with Crippen LogP contribution < -0.4 is 4.74 Å². The SMILES string of the molecule is c1ccc(-c2nnc3n2CCCO3)cc1. The van der Waals surface area contributed by atoms with E-state index in [1.807, 2.05) is 34.9 Å². The molecule has 2 aromatic rings. The first-order chi connectivity index (χ1) is 7.45. The molecule has 0 fully saturated rings. The molecular weight excluding hydrogens is 190 g/mol. The van der Waals surface area contributed by atoms with Crippen LogP contribution in [0.15, 0.2) is 30.3 Å². The molecule has 0 amide bonds. The minimum atomic E-state index is 0.639. The topological polar surface area (TPSA) is 39.9 Å². The molecule has 0 radical (unpaired) electrons. The molecule has 0 saturated heterocycles. The van der Waals surface area contributed by atoms with Crippen LogP contribution in [0.1, 0.15) is 6.42 Å². The first-order valence-corrected chi connectivity index (χ1v) is 5.06. The normalized spacial score (nSPS) is 14.4. The third-order valence-electron chi connectivity index (χ3n) is 2.51. The summed E-state index contributed by atoms with van der Waals surface area (Å²) < 4.78 is 7.44. The molecule has 4 heteroatoms. The Morgan fingerprint density at radius 2 is 2.00 bits per heavy atom. The zero-order valence-corrected chi connectivity index (χ0v) is 8.26. The lowest BCUT2D eigenvalue weighted by atomic mass is 10.2. The van der Waals surface area contributed by atoms with Gasteiger partial charge in [-0.3, -0.25) is 4.57 Å². The van der Waals surface area contributed by atoms with Gasteiger partial charge in [0.05, 0.1) is 6.61 Å². The summed E-state index contributed by atoms with van der Waals surface area (Å²) in [5, 5.41) is 8.18. The van der Waals surface area contributed by atoms with Crippen molar-refractivity contribution < 1.29 is 4.74 Å². The highest BCUT2D eigenvalue weighted by molar-refractivity contribution is 5.55. The van der Waals surface area contributed by atoms with Crippen LogP contribution in [0.3, 0.4) is 0 Å². The molecule has 0 spiro atoms. The second-order valence-corrected chi connectivity index (χ2v) is 3.53. The van der Waals surface area contributed by atoms with Crippen molar-refractivity contribution in [2.24, 2.45) is 0 Å². The van der Waals surface area contributed by atoms with Gasteiger partial charge in [0.1, 0.15) is 0 Å². The average Bonchev–Trinajstić information content (AvgIpc) is 2.74. The van der Waals surface area contributed by atoms with Crippen LogP contribution in [0.2, 0.25) is 0 Å². The summed E-state index contributed by atoms with van der Waals surface area (Å²) in [5.74, 6) is 0.894. The second kappa shape index (κ2) is 3.38. The summed E-state index contributed by atoms with van der Waals surface area (Å²) in [6.45, 7) is 1.68. The van der Waals surface area contributed by atoms with Gasteiger partial charge in [0.15, 0.2) is 5.82 Å². The van der Waals surface area contributed by atoms with Gasteiger partial charge in [0.25, 0.3) is 0 Å². The van der Waals surface area contributed by atoms with Crippen molar-refractivity contribution in [3.05, 3.63) is 30.3 Å². The lowest BCUT2D eigenvalue weighted by Gasteiger charge is -2.15. The van der Waals surface area contributed by atoms with E-state index in [4.69, 9.17) is 4.74 Å². The monoisotopic (exact) mass is 201 g/mol. The fraction of sp³-hybridized carbons (Fsp3) is 0.273. The van der Waals surface area contributed by atoms with Gasteiger partial charge in [0, 0.05) is 12.1 Å². The van der Waals surface area contributed by atoms with Gasteiger partial charge < -0.3 is 4.74 Å². The largest absolute Gasteiger partial charge is 0.463 e. The zero-order valence-electron chi connectivity index (χ0n) is 8.26. The predicted octanol–water partition coefficient (Wildman–Crippen LogP) is 1.73. The molecule has 0 aliphatic carbocycles. The summed E-state index contributed by atoms with van der Waals surface area (Å²) in [6.07, 6.45) is 1.02. The van der Waals surface area contributed by atoms with E-state index in [9.17, 15) is 0 Å². The Balaban J connectivity index is 2.09. The Labute approximate surface area is 87.5 Å². The molecule has 4 nitrogen and oxygen atoms in total. The van der Waals surface area contributed by atoms with E-state index in [1.54, 1.807) is 0 Å². The quantitative estimate of drug-likeness (QED) is 0.705. The van der Waals surface area contributed by atoms with Crippen LogP contribution in [0.4, 0.5) is 0 Å². The molecule has 1 aliphatic heterocycles. The number of hydrogen-bond acceptors (Lipinski definition) is 3. The van der Waals surface area contributed by atoms with Crippen LogP contribution in [0.25, 0.3) is 11.4 Å². The second-order valence-electron chi connectivity index (χ2n) is 3.53. The fourth-order valence-corrected chi connectivity index (χ4v) is 1.78. The number of hydrogen-bond donors (Lipinski definition) is 0.